The molecule has 3 aromatic rings. The lowest BCUT2D eigenvalue weighted by atomic mass is 10.2. The molecule has 0 saturated carbocycles. The largest absolute Gasteiger partial charge is 0.347 e. The Labute approximate surface area is 165 Å². The smallest absolute Gasteiger partial charge is 0.270 e. The Bertz CT molecular complexity index is 936. The SMILES string of the molecule is Cc1ncc(C(=O)NC(C)CN(C(=O)c2cnc(C)s2)c2ccccc2)s1. The Kier molecular flexibility index (Phi) is 5.98. The number of aryl methyl sites for hydroxylation is 2. The highest BCUT2D eigenvalue weighted by atomic mass is 32.1. The number of nitrogens with one attached hydrogen (secondary N) is 1. The first-order valence-corrected chi connectivity index (χ1v) is 10.1. The molecule has 140 valence electrons. The van der Waals surface area contributed by atoms with Crippen LogP contribution in [0.15, 0.2) is 42.7 Å². The van der Waals surface area contributed by atoms with Crippen LogP contribution in [0.25, 0.3) is 0 Å². The average Bonchev–Trinajstić information content (AvgIpc) is 3.28. The first kappa shape index (κ1) is 19.2. The van der Waals surface area contributed by atoms with Gasteiger partial charge in [0.15, 0.2) is 0 Å². The van der Waals surface area contributed by atoms with Crippen molar-refractivity contribution in [3.05, 3.63) is 62.5 Å². The van der Waals surface area contributed by atoms with Crippen molar-refractivity contribution < 1.29 is 9.59 Å². The number of rotatable bonds is 6. The minimum atomic E-state index is -0.238. The molecule has 0 fully saturated rings. The summed E-state index contributed by atoms with van der Waals surface area (Å²) in [6.07, 6.45) is 3.17. The third-order valence-corrected chi connectivity index (χ3v) is 5.64. The number of para-hydroxylation sites is 1. The molecular weight excluding hydrogens is 380 g/mol. The lowest BCUT2D eigenvalue weighted by Gasteiger charge is -2.26. The number of nitrogens with zero attached hydrogens (tertiary/aromatic N) is 3. The number of carbonyl (C=O) groups is 2. The molecule has 0 aliphatic heterocycles. The molecule has 1 aromatic carbocycles. The summed E-state index contributed by atoms with van der Waals surface area (Å²) in [6.45, 7) is 5.96. The molecule has 0 spiro atoms. The van der Waals surface area contributed by atoms with E-state index in [1.807, 2.05) is 51.1 Å². The predicted octanol–water partition coefficient (Wildman–Crippen LogP) is 3.68. The minimum Gasteiger partial charge on any atom is -0.347 e. The summed E-state index contributed by atoms with van der Waals surface area (Å²) in [5, 5.41) is 4.63. The molecule has 8 heteroatoms. The van der Waals surface area contributed by atoms with Crippen molar-refractivity contribution >= 4 is 40.2 Å². The lowest BCUT2D eigenvalue weighted by Crippen LogP contribution is -2.44. The van der Waals surface area contributed by atoms with Gasteiger partial charge in [0.25, 0.3) is 11.8 Å². The Morgan fingerprint density at radius 2 is 1.63 bits per heavy atom. The van der Waals surface area contributed by atoms with Crippen LogP contribution in [0.4, 0.5) is 5.69 Å². The second-order valence-corrected chi connectivity index (χ2v) is 8.58. The van der Waals surface area contributed by atoms with Gasteiger partial charge in [0.1, 0.15) is 9.75 Å². The van der Waals surface area contributed by atoms with Crippen molar-refractivity contribution in [3.8, 4) is 0 Å². The molecule has 1 N–H and O–H groups in total. The third-order valence-electron chi connectivity index (χ3n) is 3.82. The molecule has 1 atom stereocenters. The number of amides is 2. The summed E-state index contributed by atoms with van der Waals surface area (Å²) in [4.78, 5) is 36.5. The zero-order chi connectivity index (χ0) is 19.4. The van der Waals surface area contributed by atoms with Gasteiger partial charge in [-0.2, -0.15) is 0 Å². The van der Waals surface area contributed by atoms with Crippen LogP contribution in [0.3, 0.4) is 0 Å². The number of hydrogen-bond acceptors (Lipinski definition) is 6. The van der Waals surface area contributed by atoms with Gasteiger partial charge in [-0.05, 0) is 32.9 Å². The van der Waals surface area contributed by atoms with E-state index in [2.05, 4.69) is 15.3 Å². The van der Waals surface area contributed by atoms with Gasteiger partial charge >= 0.3 is 0 Å². The summed E-state index contributed by atoms with van der Waals surface area (Å²) in [5.41, 5.74) is 0.781. The fourth-order valence-corrected chi connectivity index (χ4v) is 3.99. The van der Waals surface area contributed by atoms with Crippen LogP contribution in [0.2, 0.25) is 0 Å². The quantitative estimate of drug-likeness (QED) is 0.685. The Balaban J connectivity index is 1.76. The van der Waals surface area contributed by atoms with Gasteiger partial charge in [-0.1, -0.05) is 18.2 Å². The van der Waals surface area contributed by atoms with Gasteiger partial charge in [0.05, 0.1) is 22.4 Å². The first-order valence-electron chi connectivity index (χ1n) is 8.46. The number of anilines is 1. The van der Waals surface area contributed by atoms with E-state index in [0.29, 0.717) is 16.3 Å². The molecular formula is C19H20N4O2S2. The molecule has 0 bridgehead atoms. The molecule has 0 aliphatic rings. The summed E-state index contributed by atoms with van der Waals surface area (Å²) in [6, 6.07) is 9.20. The number of hydrogen-bond donors (Lipinski definition) is 1. The zero-order valence-electron chi connectivity index (χ0n) is 15.3. The maximum absolute atomic E-state index is 13.0. The Morgan fingerprint density at radius 3 is 2.19 bits per heavy atom. The highest BCUT2D eigenvalue weighted by Gasteiger charge is 2.23. The van der Waals surface area contributed by atoms with E-state index in [0.717, 1.165) is 15.7 Å². The van der Waals surface area contributed by atoms with E-state index >= 15 is 0 Å². The second kappa shape index (κ2) is 8.41. The second-order valence-electron chi connectivity index (χ2n) is 6.11. The van der Waals surface area contributed by atoms with Crippen molar-refractivity contribution in [2.45, 2.75) is 26.8 Å². The predicted molar refractivity (Wildman–Crippen MR) is 109 cm³/mol. The van der Waals surface area contributed by atoms with Crippen molar-refractivity contribution in [1.82, 2.24) is 15.3 Å². The lowest BCUT2D eigenvalue weighted by molar-refractivity contribution is 0.0931. The molecule has 2 amide bonds. The van der Waals surface area contributed by atoms with Crippen molar-refractivity contribution in [2.75, 3.05) is 11.4 Å². The number of aromatic nitrogens is 2. The van der Waals surface area contributed by atoms with Crippen LogP contribution >= 0.6 is 22.7 Å². The van der Waals surface area contributed by atoms with E-state index in [1.165, 1.54) is 22.7 Å². The van der Waals surface area contributed by atoms with Crippen molar-refractivity contribution in [2.24, 2.45) is 0 Å². The minimum absolute atomic E-state index is 0.124. The number of thiazole rings is 2. The number of benzene rings is 1. The summed E-state index contributed by atoms with van der Waals surface area (Å²) in [7, 11) is 0. The molecule has 6 nitrogen and oxygen atoms in total. The van der Waals surface area contributed by atoms with E-state index < -0.39 is 0 Å². The van der Waals surface area contributed by atoms with Gasteiger partial charge in [0.2, 0.25) is 0 Å². The van der Waals surface area contributed by atoms with E-state index in [9.17, 15) is 9.59 Å². The van der Waals surface area contributed by atoms with Crippen LogP contribution < -0.4 is 10.2 Å². The van der Waals surface area contributed by atoms with Crippen LogP contribution in [0.5, 0.6) is 0 Å². The molecule has 0 saturated heterocycles. The molecule has 2 heterocycles. The van der Waals surface area contributed by atoms with Crippen molar-refractivity contribution in [1.29, 1.82) is 0 Å². The number of carbonyl (C=O) groups excluding carboxylic acids is 2. The molecule has 1 unspecified atom stereocenters. The fourth-order valence-electron chi connectivity index (χ4n) is 2.59. The highest BCUT2D eigenvalue weighted by Crippen LogP contribution is 2.21. The van der Waals surface area contributed by atoms with Gasteiger partial charge in [-0.25, -0.2) is 9.97 Å². The first-order chi connectivity index (χ1) is 12.9. The van der Waals surface area contributed by atoms with E-state index in [-0.39, 0.29) is 17.9 Å². The molecule has 0 radical (unpaired) electrons. The Hall–Kier alpha value is -2.58. The van der Waals surface area contributed by atoms with Gasteiger partial charge in [0, 0.05) is 18.3 Å². The normalized spacial score (nSPS) is 11.8. The topological polar surface area (TPSA) is 75.2 Å². The molecule has 3 rings (SSSR count). The maximum Gasteiger partial charge on any atom is 0.270 e. The monoisotopic (exact) mass is 400 g/mol. The van der Waals surface area contributed by atoms with Gasteiger partial charge < -0.3 is 10.2 Å². The van der Waals surface area contributed by atoms with Gasteiger partial charge in [-0.3, -0.25) is 9.59 Å². The summed E-state index contributed by atoms with van der Waals surface area (Å²) < 4.78 is 0. The highest BCUT2D eigenvalue weighted by molar-refractivity contribution is 7.14. The van der Waals surface area contributed by atoms with Crippen LogP contribution in [0, 0.1) is 13.8 Å². The zero-order valence-corrected chi connectivity index (χ0v) is 16.9. The Morgan fingerprint density at radius 1 is 1.04 bits per heavy atom. The average molecular weight is 401 g/mol. The fraction of sp³-hybridized carbons (Fsp3) is 0.263. The van der Waals surface area contributed by atoms with E-state index in [1.54, 1.807) is 17.3 Å². The van der Waals surface area contributed by atoms with Crippen LogP contribution in [-0.4, -0.2) is 34.4 Å². The maximum atomic E-state index is 13.0. The van der Waals surface area contributed by atoms with Crippen LogP contribution in [-0.2, 0) is 0 Å². The standard InChI is InChI=1S/C19H20N4O2S2/c1-12(22-18(24)16-9-20-13(2)26-16)11-23(15-7-5-4-6-8-15)19(25)17-10-21-14(3)27-17/h4-10,12H,11H2,1-3H3,(H,22,24). The third kappa shape index (κ3) is 4.78. The molecule has 27 heavy (non-hydrogen) atoms. The summed E-state index contributed by atoms with van der Waals surface area (Å²) in [5.74, 6) is -0.302. The molecule has 0 aliphatic carbocycles. The molecule has 2 aromatic heterocycles. The van der Waals surface area contributed by atoms with Crippen LogP contribution in [0.1, 0.15) is 36.3 Å². The summed E-state index contributed by atoms with van der Waals surface area (Å²) >= 11 is 2.71. The van der Waals surface area contributed by atoms with E-state index in [4.69, 9.17) is 0 Å². The van der Waals surface area contributed by atoms with Gasteiger partial charge in [-0.15, -0.1) is 22.7 Å². The van der Waals surface area contributed by atoms with Crippen molar-refractivity contribution in [3.63, 3.8) is 0 Å².